The molecule has 1 saturated heterocycles. The highest BCUT2D eigenvalue weighted by molar-refractivity contribution is 9.10. The number of hydrogen-bond donors (Lipinski definition) is 0. The second-order valence-electron chi connectivity index (χ2n) is 6.35. The molecule has 0 bridgehead atoms. The zero-order valence-electron chi connectivity index (χ0n) is 13.7. The van der Waals surface area contributed by atoms with Crippen LogP contribution in [0, 0.1) is 0 Å². The van der Waals surface area contributed by atoms with Gasteiger partial charge >= 0.3 is 0 Å². The van der Waals surface area contributed by atoms with Crippen LogP contribution in [0.5, 0.6) is 11.5 Å². The van der Waals surface area contributed by atoms with Crippen molar-refractivity contribution in [2.45, 2.75) is 38.1 Å². The number of aryl methyl sites for hydroxylation is 1. The van der Waals surface area contributed by atoms with Gasteiger partial charge < -0.3 is 9.64 Å². The van der Waals surface area contributed by atoms with Gasteiger partial charge in [-0.3, -0.25) is 0 Å². The monoisotopic (exact) mass is 373 g/mol. The van der Waals surface area contributed by atoms with Gasteiger partial charge in [0.1, 0.15) is 11.5 Å². The third-order valence-corrected chi connectivity index (χ3v) is 5.33. The van der Waals surface area contributed by atoms with Crippen molar-refractivity contribution in [2.24, 2.45) is 0 Å². The molecule has 23 heavy (non-hydrogen) atoms. The number of hydrogen-bond acceptors (Lipinski definition) is 2. The Labute approximate surface area is 147 Å². The van der Waals surface area contributed by atoms with Crippen LogP contribution in [-0.2, 0) is 6.42 Å². The number of piperidine rings is 1. The van der Waals surface area contributed by atoms with Crippen molar-refractivity contribution in [1.82, 2.24) is 4.90 Å². The maximum absolute atomic E-state index is 5.92. The molecule has 1 heterocycles. The van der Waals surface area contributed by atoms with Gasteiger partial charge in [-0.1, -0.05) is 30.7 Å². The van der Waals surface area contributed by atoms with Gasteiger partial charge in [-0.25, -0.2) is 0 Å². The molecule has 1 atom stereocenters. The largest absolute Gasteiger partial charge is 0.456 e. The minimum Gasteiger partial charge on any atom is -0.456 e. The lowest BCUT2D eigenvalue weighted by Crippen LogP contribution is -2.36. The van der Waals surface area contributed by atoms with Crippen LogP contribution in [-0.4, -0.2) is 24.5 Å². The van der Waals surface area contributed by atoms with Gasteiger partial charge in [-0.15, -0.1) is 0 Å². The molecular weight excluding hydrogens is 350 g/mol. The lowest BCUT2D eigenvalue weighted by Gasteiger charge is -2.32. The summed E-state index contributed by atoms with van der Waals surface area (Å²) in [5.74, 6) is 1.74. The molecule has 2 nitrogen and oxygen atoms in total. The third kappa shape index (κ3) is 4.58. The first-order valence-electron chi connectivity index (χ1n) is 8.44. The summed E-state index contributed by atoms with van der Waals surface area (Å²) in [6.45, 7) is 1.25. The van der Waals surface area contributed by atoms with Crippen LogP contribution < -0.4 is 4.74 Å². The molecule has 0 spiro atoms. The fourth-order valence-corrected chi connectivity index (χ4v) is 3.59. The highest BCUT2D eigenvalue weighted by Crippen LogP contribution is 2.29. The van der Waals surface area contributed by atoms with Gasteiger partial charge in [-0.2, -0.15) is 0 Å². The molecule has 0 radical (unpaired) electrons. The van der Waals surface area contributed by atoms with Crippen molar-refractivity contribution in [2.75, 3.05) is 13.6 Å². The number of nitrogens with zero attached hydrogens (tertiary/aromatic N) is 1. The molecule has 0 aromatic heterocycles. The highest BCUT2D eigenvalue weighted by Gasteiger charge is 2.18. The molecule has 3 heteroatoms. The molecule has 1 fully saturated rings. The standard InChI is InChI=1S/C20H24BrNO/c1-22-15-5-4-6-17(22)12-9-16-10-13-18(14-11-16)23-20-8-3-2-7-19(20)21/h2-3,7-8,10-11,13-14,17H,4-6,9,12,15H2,1H3. The molecule has 0 aliphatic carbocycles. The summed E-state index contributed by atoms with van der Waals surface area (Å²) >= 11 is 3.51. The molecule has 2 aromatic carbocycles. The van der Waals surface area contributed by atoms with Crippen LogP contribution in [0.1, 0.15) is 31.2 Å². The molecule has 2 aromatic rings. The van der Waals surface area contributed by atoms with E-state index in [-0.39, 0.29) is 0 Å². The van der Waals surface area contributed by atoms with Gasteiger partial charge in [-0.05, 0) is 85.0 Å². The first-order valence-corrected chi connectivity index (χ1v) is 9.23. The molecule has 0 N–H and O–H groups in total. The summed E-state index contributed by atoms with van der Waals surface area (Å²) in [4.78, 5) is 2.52. The first kappa shape index (κ1) is 16.5. The quantitative estimate of drug-likeness (QED) is 0.670. The maximum Gasteiger partial charge on any atom is 0.141 e. The molecule has 1 aliphatic heterocycles. The van der Waals surface area contributed by atoms with E-state index in [1.165, 1.54) is 37.8 Å². The van der Waals surface area contributed by atoms with E-state index in [9.17, 15) is 0 Å². The zero-order chi connectivity index (χ0) is 16.1. The molecular formula is C20H24BrNO. The molecule has 1 aliphatic rings. The average molecular weight is 374 g/mol. The van der Waals surface area contributed by atoms with Gasteiger partial charge in [0.05, 0.1) is 4.47 Å². The van der Waals surface area contributed by atoms with Crippen LogP contribution in [0.15, 0.2) is 53.0 Å². The Bertz CT molecular complexity index is 626. The number of para-hydroxylation sites is 1. The van der Waals surface area contributed by atoms with E-state index in [1.54, 1.807) is 0 Å². The van der Waals surface area contributed by atoms with Gasteiger partial charge in [0.15, 0.2) is 0 Å². The number of likely N-dealkylation sites (tertiary alicyclic amines) is 1. The molecule has 0 saturated carbocycles. The fraction of sp³-hybridized carbons (Fsp3) is 0.400. The van der Waals surface area contributed by atoms with E-state index in [2.05, 4.69) is 52.1 Å². The van der Waals surface area contributed by atoms with Crippen molar-refractivity contribution in [3.63, 3.8) is 0 Å². The van der Waals surface area contributed by atoms with Crippen LogP contribution >= 0.6 is 15.9 Å². The Morgan fingerprint density at radius 2 is 1.87 bits per heavy atom. The summed E-state index contributed by atoms with van der Waals surface area (Å²) in [5, 5.41) is 0. The van der Waals surface area contributed by atoms with Crippen LogP contribution in [0.2, 0.25) is 0 Å². The van der Waals surface area contributed by atoms with Gasteiger partial charge in [0.25, 0.3) is 0 Å². The smallest absolute Gasteiger partial charge is 0.141 e. The van der Waals surface area contributed by atoms with Crippen molar-refractivity contribution >= 4 is 15.9 Å². The maximum atomic E-state index is 5.92. The Balaban J connectivity index is 1.56. The SMILES string of the molecule is CN1CCCCC1CCc1ccc(Oc2ccccc2Br)cc1. The van der Waals surface area contributed by atoms with E-state index in [1.807, 2.05) is 24.3 Å². The summed E-state index contributed by atoms with van der Waals surface area (Å²) in [7, 11) is 2.26. The summed E-state index contributed by atoms with van der Waals surface area (Å²) in [6.07, 6.45) is 6.48. The zero-order valence-corrected chi connectivity index (χ0v) is 15.3. The predicted molar refractivity (Wildman–Crippen MR) is 99.2 cm³/mol. The number of halogens is 1. The second-order valence-corrected chi connectivity index (χ2v) is 7.20. The Morgan fingerprint density at radius 3 is 2.61 bits per heavy atom. The molecule has 0 amide bonds. The number of benzene rings is 2. The number of ether oxygens (including phenoxy) is 1. The molecule has 1 unspecified atom stereocenters. The first-order chi connectivity index (χ1) is 11.2. The number of rotatable bonds is 5. The Hall–Kier alpha value is -1.32. The topological polar surface area (TPSA) is 12.5 Å². The minimum atomic E-state index is 0.750. The van der Waals surface area contributed by atoms with Crippen molar-refractivity contribution in [3.05, 3.63) is 58.6 Å². The Kier molecular flexibility index (Phi) is 5.74. The second kappa shape index (κ2) is 7.98. The summed E-state index contributed by atoms with van der Waals surface area (Å²) in [5.41, 5.74) is 1.39. The van der Waals surface area contributed by atoms with E-state index < -0.39 is 0 Å². The van der Waals surface area contributed by atoms with Crippen LogP contribution in [0.4, 0.5) is 0 Å². The van der Waals surface area contributed by atoms with Crippen molar-refractivity contribution in [3.8, 4) is 11.5 Å². The lowest BCUT2D eigenvalue weighted by atomic mass is 9.96. The normalized spacial score (nSPS) is 18.8. The van der Waals surface area contributed by atoms with Crippen LogP contribution in [0.3, 0.4) is 0 Å². The van der Waals surface area contributed by atoms with Crippen molar-refractivity contribution in [1.29, 1.82) is 0 Å². The van der Waals surface area contributed by atoms with Crippen molar-refractivity contribution < 1.29 is 4.74 Å². The van der Waals surface area contributed by atoms with E-state index in [0.717, 1.165) is 28.4 Å². The van der Waals surface area contributed by atoms with Gasteiger partial charge in [0.2, 0.25) is 0 Å². The minimum absolute atomic E-state index is 0.750. The van der Waals surface area contributed by atoms with E-state index >= 15 is 0 Å². The fourth-order valence-electron chi connectivity index (χ4n) is 3.22. The summed E-state index contributed by atoms with van der Waals surface area (Å²) in [6, 6.07) is 17.2. The van der Waals surface area contributed by atoms with E-state index in [0.29, 0.717) is 0 Å². The summed E-state index contributed by atoms with van der Waals surface area (Å²) < 4.78 is 6.90. The van der Waals surface area contributed by atoms with Crippen LogP contribution in [0.25, 0.3) is 0 Å². The van der Waals surface area contributed by atoms with E-state index in [4.69, 9.17) is 4.74 Å². The highest BCUT2D eigenvalue weighted by atomic mass is 79.9. The molecule has 122 valence electrons. The predicted octanol–water partition coefficient (Wildman–Crippen LogP) is 5.66. The molecule has 3 rings (SSSR count). The lowest BCUT2D eigenvalue weighted by molar-refractivity contribution is 0.176. The average Bonchev–Trinajstić information content (AvgIpc) is 2.57. The third-order valence-electron chi connectivity index (χ3n) is 4.68. The Morgan fingerprint density at radius 1 is 1.09 bits per heavy atom. The van der Waals surface area contributed by atoms with Gasteiger partial charge in [0, 0.05) is 6.04 Å².